The maximum absolute atomic E-state index is 12.7. The van der Waals surface area contributed by atoms with Gasteiger partial charge in [0.15, 0.2) is 5.17 Å². The van der Waals surface area contributed by atoms with E-state index in [4.69, 9.17) is 0 Å². The van der Waals surface area contributed by atoms with Gasteiger partial charge in [-0.05, 0) is 36.4 Å². The van der Waals surface area contributed by atoms with Crippen LogP contribution < -0.4 is 9.62 Å². The van der Waals surface area contributed by atoms with Gasteiger partial charge in [0.05, 0.1) is 17.1 Å². The Kier molecular flexibility index (Phi) is 5.10. The third kappa shape index (κ3) is 3.85. The van der Waals surface area contributed by atoms with Crippen LogP contribution in [-0.4, -0.2) is 38.8 Å². The molecule has 1 aliphatic rings. The smallest absolute Gasteiger partial charge is 0.264 e. The third-order valence-corrected chi connectivity index (χ3v) is 6.39. The molecule has 1 heterocycles. The molecule has 0 saturated heterocycles. The van der Waals surface area contributed by atoms with Crippen molar-refractivity contribution >= 4 is 38.5 Å². The lowest BCUT2D eigenvalue weighted by molar-refractivity contribution is 0.0978. The van der Waals surface area contributed by atoms with Crippen LogP contribution in [0.1, 0.15) is 10.4 Å². The van der Waals surface area contributed by atoms with Gasteiger partial charge < -0.3 is 5.32 Å². The standard InChI is InChI=1S/C17H17N3O3S2/c1-20(14-5-3-2-4-6-14)25(22,23)15-9-7-13(8-10-15)16(21)19-17-18-11-12-24-17/h2-10H,11-12H2,1H3,(H,18,19,21). The van der Waals surface area contributed by atoms with E-state index < -0.39 is 10.0 Å². The number of amidine groups is 1. The van der Waals surface area contributed by atoms with Crippen LogP contribution >= 0.6 is 11.8 Å². The van der Waals surface area contributed by atoms with Crippen molar-refractivity contribution in [1.82, 2.24) is 5.32 Å². The summed E-state index contributed by atoms with van der Waals surface area (Å²) in [7, 11) is -2.18. The van der Waals surface area contributed by atoms with Gasteiger partial charge in [0.2, 0.25) is 0 Å². The van der Waals surface area contributed by atoms with Gasteiger partial charge in [0.1, 0.15) is 0 Å². The fourth-order valence-corrected chi connectivity index (χ4v) is 4.21. The predicted octanol–water partition coefficient (Wildman–Crippen LogP) is 2.34. The topological polar surface area (TPSA) is 78.8 Å². The molecule has 0 bridgehead atoms. The number of para-hydroxylation sites is 1. The van der Waals surface area contributed by atoms with Crippen molar-refractivity contribution in [1.29, 1.82) is 0 Å². The van der Waals surface area contributed by atoms with Gasteiger partial charge in [-0.2, -0.15) is 0 Å². The average molecular weight is 375 g/mol. The van der Waals surface area contributed by atoms with Crippen molar-refractivity contribution in [2.24, 2.45) is 4.99 Å². The maximum Gasteiger partial charge on any atom is 0.264 e. The first-order chi connectivity index (χ1) is 12.0. The number of anilines is 1. The van der Waals surface area contributed by atoms with E-state index in [1.807, 2.05) is 6.07 Å². The highest BCUT2D eigenvalue weighted by molar-refractivity contribution is 8.14. The maximum atomic E-state index is 12.7. The number of hydrogen-bond donors (Lipinski definition) is 1. The van der Waals surface area contributed by atoms with Crippen LogP contribution in [0.15, 0.2) is 64.5 Å². The zero-order chi connectivity index (χ0) is 17.9. The van der Waals surface area contributed by atoms with Crippen molar-refractivity contribution < 1.29 is 13.2 Å². The second kappa shape index (κ2) is 7.28. The molecule has 1 aliphatic heterocycles. The van der Waals surface area contributed by atoms with Crippen LogP contribution in [0.2, 0.25) is 0 Å². The summed E-state index contributed by atoms with van der Waals surface area (Å²) in [6, 6.07) is 14.7. The molecule has 1 amide bonds. The second-order valence-electron chi connectivity index (χ2n) is 5.32. The number of nitrogens with zero attached hydrogens (tertiary/aromatic N) is 2. The lowest BCUT2D eigenvalue weighted by Gasteiger charge is -2.19. The Morgan fingerprint density at radius 3 is 2.40 bits per heavy atom. The monoisotopic (exact) mass is 375 g/mol. The van der Waals surface area contributed by atoms with Crippen LogP contribution in [-0.2, 0) is 10.0 Å². The molecule has 0 unspecified atom stereocenters. The molecule has 0 radical (unpaired) electrons. The van der Waals surface area contributed by atoms with Gasteiger partial charge in [-0.1, -0.05) is 30.0 Å². The molecule has 6 nitrogen and oxygen atoms in total. The van der Waals surface area contributed by atoms with Gasteiger partial charge in [0.25, 0.3) is 15.9 Å². The Morgan fingerprint density at radius 2 is 1.80 bits per heavy atom. The highest BCUT2D eigenvalue weighted by Crippen LogP contribution is 2.22. The number of rotatable bonds is 4. The number of amides is 1. The highest BCUT2D eigenvalue weighted by atomic mass is 32.2. The highest BCUT2D eigenvalue weighted by Gasteiger charge is 2.21. The summed E-state index contributed by atoms with van der Waals surface area (Å²) in [5.41, 5.74) is 0.956. The third-order valence-electron chi connectivity index (χ3n) is 3.70. The first-order valence-corrected chi connectivity index (χ1v) is 10.0. The number of hydrogen-bond acceptors (Lipinski definition) is 5. The SMILES string of the molecule is CN(c1ccccc1)S(=O)(=O)c1ccc(C(=O)NC2=NCCS2)cc1. The summed E-state index contributed by atoms with van der Waals surface area (Å²) in [6.07, 6.45) is 0. The fourth-order valence-electron chi connectivity index (χ4n) is 2.29. The normalized spacial score (nSPS) is 14.0. The van der Waals surface area contributed by atoms with E-state index in [2.05, 4.69) is 10.3 Å². The number of sulfonamides is 1. The minimum absolute atomic E-state index is 0.128. The average Bonchev–Trinajstić information content (AvgIpc) is 3.15. The zero-order valence-electron chi connectivity index (χ0n) is 13.5. The van der Waals surface area contributed by atoms with E-state index in [1.165, 1.54) is 47.4 Å². The van der Waals surface area contributed by atoms with Crippen molar-refractivity contribution in [2.75, 3.05) is 23.7 Å². The van der Waals surface area contributed by atoms with Crippen LogP contribution in [0.4, 0.5) is 5.69 Å². The van der Waals surface area contributed by atoms with Crippen molar-refractivity contribution in [3.8, 4) is 0 Å². The molecule has 0 fully saturated rings. The molecule has 2 aromatic rings. The first-order valence-electron chi connectivity index (χ1n) is 7.61. The van der Waals surface area contributed by atoms with Gasteiger partial charge in [0, 0.05) is 18.4 Å². The van der Waals surface area contributed by atoms with Gasteiger partial charge in [-0.3, -0.25) is 14.1 Å². The summed E-state index contributed by atoms with van der Waals surface area (Å²) in [5.74, 6) is 0.562. The molecule has 0 aromatic heterocycles. The molecule has 3 rings (SSSR count). The summed E-state index contributed by atoms with van der Waals surface area (Å²) in [5, 5.41) is 3.32. The number of benzene rings is 2. The molecular weight excluding hydrogens is 358 g/mol. The number of carbonyl (C=O) groups excluding carboxylic acids is 1. The van der Waals surface area contributed by atoms with Crippen LogP contribution in [0, 0.1) is 0 Å². The second-order valence-corrected chi connectivity index (χ2v) is 8.37. The van der Waals surface area contributed by atoms with E-state index in [1.54, 1.807) is 24.3 Å². The molecule has 0 spiro atoms. The number of carbonyl (C=O) groups is 1. The van der Waals surface area contributed by atoms with Gasteiger partial charge >= 0.3 is 0 Å². The number of nitrogens with one attached hydrogen (secondary N) is 1. The van der Waals surface area contributed by atoms with Crippen LogP contribution in [0.3, 0.4) is 0 Å². The molecule has 8 heteroatoms. The summed E-state index contributed by atoms with van der Waals surface area (Å²) >= 11 is 1.49. The molecule has 1 N–H and O–H groups in total. The number of aliphatic imine (C=N–C) groups is 1. The van der Waals surface area contributed by atoms with Crippen molar-refractivity contribution in [3.63, 3.8) is 0 Å². The summed E-state index contributed by atoms with van der Waals surface area (Å²) in [6.45, 7) is 0.698. The zero-order valence-corrected chi connectivity index (χ0v) is 15.2. The molecular formula is C17H17N3O3S2. The molecule has 25 heavy (non-hydrogen) atoms. The minimum atomic E-state index is -3.68. The summed E-state index contributed by atoms with van der Waals surface area (Å²) < 4.78 is 26.6. The largest absolute Gasteiger partial charge is 0.301 e. The van der Waals surface area contributed by atoms with E-state index in [9.17, 15) is 13.2 Å². The Morgan fingerprint density at radius 1 is 1.12 bits per heavy atom. The molecule has 2 aromatic carbocycles. The van der Waals surface area contributed by atoms with E-state index in [0.717, 1.165) is 5.75 Å². The Balaban J connectivity index is 1.78. The minimum Gasteiger partial charge on any atom is -0.301 e. The van der Waals surface area contributed by atoms with Gasteiger partial charge in [-0.25, -0.2) is 8.42 Å². The molecule has 0 atom stereocenters. The van der Waals surface area contributed by atoms with Crippen molar-refractivity contribution in [2.45, 2.75) is 4.90 Å². The summed E-state index contributed by atoms with van der Waals surface area (Å²) in [4.78, 5) is 16.4. The van der Waals surface area contributed by atoms with E-state index >= 15 is 0 Å². The number of thioether (sulfide) groups is 1. The molecule has 0 saturated carbocycles. The van der Waals surface area contributed by atoms with Crippen LogP contribution in [0.5, 0.6) is 0 Å². The first kappa shape index (κ1) is 17.5. The van der Waals surface area contributed by atoms with Crippen LogP contribution in [0.25, 0.3) is 0 Å². The molecule has 0 aliphatic carbocycles. The van der Waals surface area contributed by atoms with E-state index in [-0.39, 0.29) is 10.8 Å². The van der Waals surface area contributed by atoms with Crippen molar-refractivity contribution in [3.05, 3.63) is 60.2 Å². The van der Waals surface area contributed by atoms with Gasteiger partial charge in [-0.15, -0.1) is 0 Å². The Hall–Kier alpha value is -2.32. The Bertz CT molecular complexity index is 894. The van der Waals surface area contributed by atoms with E-state index in [0.29, 0.717) is 23.0 Å². The fraction of sp³-hybridized carbons (Fsp3) is 0.176. The molecule has 130 valence electrons. The Labute approximate surface area is 151 Å². The predicted molar refractivity (Wildman–Crippen MR) is 101 cm³/mol. The lowest BCUT2D eigenvalue weighted by atomic mass is 10.2. The quantitative estimate of drug-likeness (QED) is 0.890. The lowest BCUT2D eigenvalue weighted by Crippen LogP contribution is -2.28.